The van der Waals surface area contributed by atoms with Crippen molar-refractivity contribution < 1.29 is 14.0 Å². The van der Waals surface area contributed by atoms with E-state index in [0.29, 0.717) is 11.6 Å². The van der Waals surface area contributed by atoms with E-state index < -0.39 is 0 Å². The molecule has 1 fully saturated rings. The highest BCUT2D eigenvalue weighted by Gasteiger charge is 2.20. The molecule has 3 aromatic rings. The molecule has 2 aromatic carbocycles. The van der Waals surface area contributed by atoms with Crippen molar-refractivity contribution in [2.45, 2.75) is 18.6 Å². The van der Waals surface area contributed by atoms with Crippen LogP contribution in [0.5, 0.6) is 0 Å². The lowest BCUT2D eigenvalue weighted by Gasteiger charge is -2.36. The summed E-state index contributed by atoms with van der Waals surface area (Å²) in [7, 11) is 0. The third kappa shape index (κ3) is 4.76. The first-order valence-corrected chi connectivity index (χ1v) is 11.0. The molecule has 1 aliphatic rings. The van der Waals surface area contributed by atoms with Gasteiger partial charge < -0.3 is 19.5 Å². The summed E-state index contributed by atoms with van der Waals surface area (Å²) in [5.74, 6) is 0.326. The average molecular weight is 425 g/mol. The molecule has 2 amide bonds. The number of carbonyl (C=O) groups is 2. The van der Waals surface area contributed by atoms with Crippen LogP contribution in [0.15, 0.2) is 58.2 Å². The van der Waals surface area contributed by atoms with Gasteiger partial charge in [-0.1, -0.05) is 30.8 Å². The van der Waals surface area contributed by atoms with Crippen molar-refractivity contribution in [3.63, 3.8) is 0 Å². The molecule has 0 aliphatic carbocycles. The van der Waals surface area contributed by atoms with Crippen LogP contribution in [0.3, 0.4) is 0 Å². The van der Waals surface area contributed by atoms with Crippen molar-refractivity contribution in [1.29, 1.82) is 0 Å². The maximum Gasteiger partial charge on any atom is 0.257 e. The fourth-order valence-electron chi connectivity index (χ4n) is 3.43. The average Bonchev–Trinajstić information content (AvgIpc) is 3.21. The Kier molecular flexibility index (Phi) is 6.23. The zero-order valence-electron chi connectivity index (χ0n) is 16.8. The zero-order valence-corrected chi connectivity index (χ0v) is 17.7. The maximum atomic E-state index is 12.3. The van der Waals surface area contributed by atoms with Gasteiger partial charge in [-0.25, -0.2) is 4.98 Å². The molecule has 1 saturated heterocycles. The van der Waals surface area contributed by atoms with Crippen molar-refractivity contribution in [3.8, 4) is 0 Å². The molecule has 0 radical (unpaired) electrons. The van der Waals surface area contributed by atoms with Gasteiger partial charge >= 0.3 is 0 Å². The Bertz CT molecular complexity index is 993. The Morgan fingerprint density at radius 2 is 1.80 bits per heavy atom. The van der Waals surface area contributed by atoms with Gasteiger partial charge in [0, 0.05) is 44.0 Å². The zero-order chi connectivity index (χ0) is 20.9. The first-order valence-electron chi connectivity index (χ1n) is 10.0. The number of para-hydroxylation sites is 2. The van der Waals surface area contributed by atoms with Gasteiger partial charge in [0.1, 0.15) is 5.52 Å². The highest BCUT2D eigenvalue weighted by atomic mass is 32.2. The first kappa shape index (κ1) is 20.3. The normalized spacial score (nSPS) is 14.2. The number of oxazole rings is 1. The van der Waals surface area contributed by atoms with Crippen molar-refractivity contribution in [2.75, 3.05) is 42.1 Å². The molecule has 156 valence electrons. The largest absolute Gasteiger partial charge is 0.431 e. The number of hydrogen-bond donors (Lipinski definition) is 1. The number of aromatic nitrogens is 1. The number of anilines is 2. The number of nitrogens with zero attached hydrogens (tertiary/aromatic N) is 3. The molecule has 0 unspecified atom stereocenters. The summed E-state index contributed by atoms with van der Waals surface area (Å²) in [5.41, 5.74) is 3.35. The summed E-state index contributed by atoms with van der Waals surface area (Å²) >= 11 is 1.27. The summed E-state index contributed by atoms with van der Waals surface area (Å²) in [6.45, 7) is 5.03. The van der Waals surface area contributed by atoms with E-state index in [-0.39, 0.29) is 17.6 Å². The SMILES string of the molecule is CCC(=O)N1CCN(c2ccc(NC(=O)CSc3nc4ccccc4o3)cc2)CC1. The predicted octanol–water partition coefficient (Wildman–Crippen LogP) is 3.62. The number of amides is 2. The smallest absolute Gasteiger partial charge is 0.257 e. The topological polar surface area (TPSA) is 78.7 Å². The number of hydrogen-bond acceptors (Lipinski definition) is 6. The van der Waals surface area contributed by atoms with Crippen molar-refractivity contribution >= 4 is 46.1 Å². The van der Waals surface area contributed by atoms with Crippen LogP contribution in [0, 0.1) is 0 Å². The number of carbonyl (C=O) groups excluding carboxylic acids is 2. The van der Waals surface area contributed by atoms with E-state index >= 15 is 0 Å². The minimum atomic E-state index is -0.110. The van der Waals surface area contributed by atoms with Crippen LogP contribution in [0.25, 0.3) is 11.1 Å². The molecule has 0 bridgehead atoms. The van der Waals surface area contributed by atoms with Gasteiger partial charge in [0.05, 0.1) is 5.75 Å². The molecular formula is C22H24N4O3S. The van der Waals surface area contributed by atoms with Crippen molar-refractivity contribution in [2.24, 2.45) is 0 Å². The molecule has 1 aromatic heterocycles. The lowest BCUT2D eigenvalue weighted by Crippen LogP contribution is -2.48. The number of fused-ring (bicyclic) bond motifs is 1. The Morgan fingerprint density at radius 3 is 2.50 bits per heavy atom. The highest BCUT2D eigenvalue weighted by molar-refractivity contribution is 7.99. The molecule has 4 rings (SSSR count). The molecule has 30 heavy (non-hydrogen) atoms. The lowest BCUT2D eigenvalue weighted by molar-refractivity contribution is -0.131. The summed E-state index contributed by atoms with van der Waals surface area (Å²) < 4.78 is 5.62. The van der Waals surface area contributed by atoms with E-state index in [0.717, 1.165) is 48.7 Å². The van der Waals surface area contributed by atoms with E-state index in [1.165, 1.54) is 11.8 Å². The van der Waals surface area contributed by atoms with Gasteiger partial charge in [0.15, 0.2) is 5.58 Å². The molecule has 1 N–H and O–H groups in total. The molecule has 2 heterocycles. The molecule has 0 atom stereocenters. The fourth-order valence-corrected chi connectivity index (χ4v) is 4.07. The third-order valence-electron chi connectivity index (χ3n) is 5.05. The van der Waals surface area contributed by atoms with Crippen LogP contribution in [0.1, 0.15) is 13.3 Å². The second-order valence-electron chi connectivity index (χ2n) is 7.05. The van der Waals surface area contributed by atoms with Gasteiger partial charge in [0.2, 0.25) is 11.8 Å². The first-order chi connectivity index (χ1) is 14.6. The van der Waals surface area contributed by atoms with Crippen LogP contribution in [-0.4, -0.2) is 53.6 Å². The summed E-state index contributed by atoms with van der Waals surface area (Å²) in [6, 6.07) is 15.3. The Hall–Kier alpha value is -3.00. The van der Waals surface area contributed by atoms with Gasteiger partial charge in [-0.05, 0) is 36.4 Å². The van der Waals surface area contributed by atoms with E-state index in [1.54, 1.807) is 0 Å². The van der Waals surface area contributed by atoms with Gasteiger partial charge in [0.25, 0.3) is 5.22 Å². The number of thioether (sulfide) groups is 1. The van der Waals surface area contributed by atoms with Crippen molar-refractivity contribution in [3.05, 3.63) is 48.5 Å². The van der Waals surface area contributed by atoms with E-state index in [4.69, 9.17) is 4.42 Å². The van der Waals surface area contributed by atoms with E-state index in [2.05, 4.69) is 15.2 Å². The lowest BCUT2D eigenvalue weighted by atomic mass is 10.2. The molecule has 1 aliphatic heterocycles. The van der Waals surface area contributed by atoms with E-state index in [1.807, 2.05) is 60.4 Å². The minimum absolute atomic E-state index is 0.110. The maximum absolute atomic E-state index is 12.3. The van der Waals surface area contributed by atoms with Gasteiger partial charge in [-0.3, -0.25) is 9.59 Å². The van der Waals surface area contributed by atoms with Crippen molar-refractivity contribution in [1.82, 2.24) is 9.88 Å². The standard InChI is InChI=1S/C22H24N4O3S/c1-2-21(28)26-13-11-25(12-14-26)17-9-7-16(8-10-17)23-20(27)15-30-22-24-18-5-3-4-6-19(18)29-22/h3-10H,2,11-15H2,1H3,(H,23,27). The molecule has 0 saturated carbocycles. The van der Waals surface area contributed by atoms with Crippen LogP contribution in [0.2, 0.25) is 0 Å². The molecule has 8 heteroatoms. The molecule has 0 spiro atoms. The minimum Gasteiger partial charge on any atom is -0.431 e. The molecular weight excluding hydrogens is 400 g/mol. The van der Waals surface area contributed by atoms with Crippen LogP contribution in [0.4, 0.5) is 11.4 Å². The molecule has 7 nitrogen and oxygen atoms in total. The van der Waals surface area contributed by atoms with Crippen LogP contribution >= 0.6 is 11.8 Å². The Balaban J connectivity index is 1.27. The number of benzene rings is 2. The van der Waals surface area contributed by atoms with Gasteiger partial charge in [-0.15, -0.1) is 0 Å². The summed E-state index contributed by atoms with van der Waals surface area (Å²) in [4.78, 5) is 32.6. The number of nitrogens with one attached hydrogen (secondary N) is 1. The number of piperazine rings is 1. The summed E-state index contributed by atoms with van der Waals surface area (Å²) in [6.07, 6.45) is 0.555. The summed E-state index contributed by atoms with van der Waals surface area (Å²) in [5, 5.41) is 3.39. The van der Waals surface area contributed by atoms with E-state index in [9.17, 15) is 9.59 Å². The predicted molar refractivity (Wildman–Crippen MR) is 119 cm³/mol. The monoisotopic (exact) mass is 424 g/mol. The quantitative estimate of drug-likeness (QED) is 0.609. The highest BCUT2D eigenvalue weighted by Crippen LogP contribution is 2.24. The van der Waals surface area contributed by atoms with Gasteiger partial charge in [-0.2, -0.15) is 0 Å². The number of rotatable bonds is 6. The van der Waals surface area contributed by atoms with Crippen LogP contribution in [-0.2, 0) is 9.59 Å². The fraction of sp³-hybridized carbons (Fsp3) is 0.318. The second kappa shape index (κ2) is 9.21. The second-order valence-corrected chi connectivity index (χ2v) is 7.98. The third-order valence-corrected chi connectivity index (χ3v) is 5.88. The Morgan fingerprint density at radius 1 is 1.07 bits per heavy atom. The Labute approximate surface area is 179 Å². The van der Waals surface area contributed by atoms with Crippen LogP contribution < -0.4 is 10.2 Å².